The molecule has 24 heavy (non-hydrogen) atoms. The van der Waals surface area contributed by atoms with E-state index in [0.717, 1.165) is 23.3 Å². The van der Waals surface area contributed by atoms with Crippen molar-refractivity contribution in [2.24, 2.45) is 0 Å². The van der Waals surface area contributed by atoms with Gasteiger partial charge in [-0.05, 0) is 17.7 Å². The van der Waals surface area contributed by atoms with E-state index in [2.05, 4.69) is 10.4 Å². The maximum atomic E-state index is 14.1. The maximum Gasteiger partial charge on any atom is 0.226 e. The maximum absolute atomic E-state index is 14.1. The van der Waals surface area contributed by atoms with Crippen LogP contribution in [0.25, 0.3) is 5.69 Å². The van der Waals surface area contributed by atoms with E-state index in [9.17, 15) is 13.6 Å². The minimum Gasteiger partial charge on any atom is -0.310 e. The van der Waals surface area contributed by atoms with E-state index in [1.807, 2.05) is 30.3 Å². The second-order valence-electron chi connectivity index (χ2n) is 5.67. The summed E-state index contributed by atoms with van der Waals surface area (Å²) in [7, 11) is 0. The molecule has 0 bridgehead atoms. The summed E-state index contributed by atoms with van der Waals surface area (Å²) in [6.07, 6.45) is 1.92. The van der Waals surface area contributed by atoms with Gasteiger partial charge in [0.2, 0.25) is 5.91 Å². The van der Waals surface area contributed by atoms with E-state index in [0.29, 0.717) is 12.2 Å². The molecule has 1 amide bonds. The number of amides is 1. The van der Waals surface area contributed by atoms with Gasteiger partial charge in [0.05, 0.1) is 6.20 Å². The van der Waals surface area contributed by atoms with Crippen LogP contribution in [-0.4, -0.2) is 15.7 Å². The van der Waals surface area contributed by atoms with Crippen molar-refractivity contribution < 1.29 is 13.6 Å². The molecule has 1 atom stereocenters. The Balaban J connectivity index is 1.84. The number of anilines is 1. The lowest BCUT2D eigenvalue weighted by atomic mass is 9.87. The number of hydrogen-bond donors (Lipinski definition) is 1. The van der Waals surface area contributed by atoms with Crippen molar-refractivity contribution in [3.8, 4) is 5.69 Å². The predicted molar refractivity (Wildman–Crippen MR) is 85.0 cm³/mol. The van der Waals surface area contributed by atoms with Crippen LogP contribution in [0.15, 0.2) is 54.7 Å². The topological polar surface area (TPSA) is 46.9 Å². The van der Waals surface area contributed by atoms with Crippen LogP contribution < -0.4 is 5.32 Å². The summed E-state index contributed by atoms with van der Waals surface area (Å²) in [6, 6.07) is 12.9. The Morgan fingerprint density at radius 1 is 1.12 bits per heavy atom. The predicted octanol–water partition coefficient (Wildman–Crippen LogP) is 3.62. The van der Waals surface area contributed by atoms with Crippen molar-refractivity contribution in [1.82, 2.24) is 9.78 Å². The summed E-state index contributed by atoms with van der Waals surface area (Å²) in [6.45, 7) is 0. The number of carbonyl (C=O) groups is 1. The Kier molecular flexibility index (Phi) is 3.37. The molecule has 4 rings (SSSR count). The van der Waals surface area contributed by atoms with Gasteiger partial charge in [-0.1, -0.05) is 30.3 Å². The number of rotatable bonds is 2. The molecule has 2 heterocycles. The fourth-order valence-electron chi connectivity index (χ4n) is 3.04. The van der Waals surface area contributed by atoms with Crippen LogP contribution in [0.3, 0.4) is 0 Å². The Hall–Kier alpha value is -3.02. The molecule has 0 saturated heterocycles. The van der Waals surface area contributed by atoms with Crippen LogP contribution in [0.4, 0.5) is 14.6 Å². The van der Waals surface area contributed by atoms with E-state index < -0.39 is 11.6 Å². The highest BCUT2D eigenvalue weighted by atomic mass is 19.1. The number of fused-ring (bicyclic) bond motifs is 1. The van der Waals surface area contributed by atoms with Gasteiger partial charge in [0, 0.05) is 24.0 Å². The zero-order chi connectivity index (χ0) is 16.7. The smallest absolute Gasteiger partial charge is 0.226 e. The second-order valence-corrected chi connectivity index (χ2v) is 5.67. The Bertz CT molecular complexity index is 921. The summed E-state index contributed by atoms with van der Waals surface area (Å²) in [5.41, 5.74) is 1.89. The summed E-state index contributed by atoms with van der Waals surface area (Å²) < 4.78 is 28.5. The molecule has 0 radical (unpaired) electrons. The van der Waals surface area contributed by atoms with Crippen molar-refractivity contribution in [3.63, 3.8) is 0 Å². The second kappa shape index (κ2) is 5.56. The molecule has 1 aromatic heterocycles. The molecular weight excluding hydrogens is 312 g/mol. The fourth-order valence-corrected chi connectivity index (χ4v) is 3.04. The number of aromatic nitrogens is 2. The van der Waals surface area contributed by atoms with Crippen LogP contribution in [0, 0.1) is 11.6 Å². The molecule has 1 unspecified atom stereocenters. The highest BCUT2D eigenvalue weighted by Gasteiger charge is 2.30. The molecule has 0 spiro atoms. The highest BCUT2D eigenvalue weighted by Crippen LogP contribution is 2.38. The standard InChI is InChI=1S/C18H13F2N3O/c19-12-6-7-16(15(20)8-12)23-18-14(10-21-23)13(9-17(24)22-18)11-4-2-1-3-5-11/h1-8,10,13H,9H2,(H,22,24). The lowest BCUT2D eigenvalue weighted by Crippen LogP contribution is -2.24. The normalized spacial score (nSPS) is 16.6. The molecule has 6 heteroatoms. The highest BCUT2D eigenvalue weighted by molar-refractivity contribution is 5.94. The summed E-state index contributed by atoms with van der Waals surface area (Å²) >= 11 is 0. The van der Waals surface area contributed by atoms with E-state index in [1.165, 1.54) is 10.7 Å². The van der Waals surface area contributed by atoms with Gasteiger partial charge in [-0.2, -0.15) is 5.10 Å². The van der Waals surface area contributed by atoms with Crippen molar-refractivity contribution in [1.29, 1.82) is 0 Å². The van der Waals surface area contributed by atoms with Crippen LogP contribution in [0.1, 0.15) is 23.5 Å². The Morgan fingerprint density at radius 2 is 1.92 bits per heavy atom. The minimum absolute atomic E-state index is 0.0895. The molecule has 2 aromatic carbocycles. The first-order chi connectivity index (χ1) is 11.6. The molecule has 120 valence electrons. The fraction of sp³-hybridized carbons (Fsp3) is 0.111. The number of hydrogen-bond acceptors (Lipinski definition) is 2. The van der Waals surface area contributed by atoms with E-state index >= 15 is 0 Å². The quantitative estimate of drug-likeness (QED) is 0.782. The molecule has 3 aromatic rings. The number of nitrogens with one attached hydrogen (secondary N) is 1. The SMILES string of the molecule is O=C1CC(c2ccccc2)c2cnn(-c3ccc(F)cc3F)c2N1. The number of carbonyl (C=O) groups excluding carboxylic acids is 1. The molecule has 1 N–H and O–H groups in total. The van der Waals surface area contributed by atoms with Gasteiger partial charge in [-0.25, -0.2) is 13.5 Å². The van der Waals surface area contributed by atoms with Crippen molar-refractivity contribution in [2.45, 2.75) is 12.3 Å². The van der Waals surface area contributed by atoms with Gasteiger partial charge >= 0.3 is 0 Å². The zero-order valence-corrected chi connectivity index (χ0v) is 12.5. The van der Waals surface area contributed by atoms with E-state index in [-0.39, 0.29) is 17.5 Å². The zero-order valence-electron chi connectivity index (χ0n) is 12.5. The van der Waals surface area contributed by atoms with E-state index in [1.54, 1.807) is 6.20 Å². The minimum atomic E-state index is -0.739. The number of nitrogens with zero attached hydrogens (tertiary/aromatic N) is 2. The third kappa shape index (κ3) is 2.36. The van der Waals surface area contributed by atoms with Crippen LogP contribution in [-0.2, 0) is 4.79 Å². The summed E-state index contributed by atoms with van der Waals surface area (Å²) in [5, 5.41) is 6.96. The lowest BCUT2D eigenvalue weighted by molar-refractivity contribution is -0.116. The van der Waals surface area contributed by atoms with Crippen molar-refractivity contribution in [3.05, 3.63) is 77.5 Å². The van der Waals surface area contributed by atoms with Gasteiger partial charge in [0.1, 0.15) is 17.3 Å². The van der Waals surface area contributed by atoms with Gasteiger partial charge in [0.15, 0.2) is 5.82 Å². The molecule has 0 fully saturated rings. The third-order valence-electron chi connectivity index (χ3n) is 4.16. The monoisotopic (exact) mass is 325 g/mol. The molecular formula is C18H13F2N3O. The number of benzene rings is 2. The van der Waals surface area contributed by atoms with Crippen LogP contribution >= 0.6 is 0 Å². The lowest BCUT2D eigenvalue weighted by Gasteiger charge is -2.23. The average Bonchev–Trinajstić information content (AvgIpc) is 2.98. The first-order valence-electron chi connectivity index (χ1n) is 7.51. The molecule has 1 aliphatic rings. The van der Waals surface area contributed by atoms with Crippen molar-refractivity contribution >= 4 is 11.7 Å². The third-order valence-corrected chi connectivity index (χ3v) is 4.16. The van der Waals surface area contributed by atoms with Gasteiger partial charge in [0.25, 0.3) is 0 Å². The summed E-state index contributed by atoms with van der Waals surface area (Å²) in [5.74, 6) is -1.29. The van der Waals surface area contributed by atoms with E-state index in [4.69, 9.17) is 0 Å². The van der Waals surface area contributed by atoms with Crippen LogP contribution in [0.5, 0.6) is 0 Å². The molecule has 0 aliphatic carbocycles. The Labute approximate surface area is 136 Å². The first-order valence-corrected chi connectivity index (χ1v) is 7.51. The van der Waals surface area contributed by atoms with Gasteiger partial charge in [-0.15, -0.1) is 0 Å². The van der Waals surface area contributed by atoms with Crippen LogP contribution in [0.2, 0.25) is 0 Å². The number of halogens is 2. The molecule has 4 nitrogen and oxygen atoms in total. The largest absolute Gasteiger partial charge is 0.310 e. The Morgan fingerprint density at radius 3 is 2.67 bits per heavy atom. The first kappa shape index (κ1) is 14.6. The van der Waals surface area contributed by atoms with Crippen molar-refractivity contribution in [2.75, 3.05) is 5.32 Å². The average molecular weight is 325 g/mol. The summed E-state index contributed by atoms with van der Waals surface area (Å²) in [4.78, 5) is 12.1. The molecule has 0 saturated carbocycles. The van der Waals surface area contributed by atoms with Gasteiger partial charge in [-0.3, -0.25) is 4.79 Å². The van der Waals surface area contributed by atoms with Gasteiger partial charge < -0.3 is 5.32 Å². The molecule has 1 aliphatic heterocycles.